The minimum atomic E-state index is 0. The summed E-state index contributed by atoms with van der Waals surface area (Å²) in [5.74, 6) is 0.945. The minimum Gasteiger partial charge on any atom is -0.339 e. The van der Waals surface area contributed by atoms with Crippen LogP contribution in [0.2, 0.25) is 0 Å². The largest absolute Gasteiger partial charge is 0.339 e. The molecule has 1 amide bonds. The topological polar surface area (TPSA) is 32.3 Å². The molecule has 0 aromatic rings. The fraction of sp³-hybridized carbons (Fsp3) is 0.917. The van der Waals surface area contributed by atoms with E-state index in [0.29, 0.717) is 18.5 Å². The van der Waals surface area contributed by atoms with Crippen molar-refractivity contribution < 1.29 is 4.79 Å². The van der Waals surface area contributed by atoms with Gasteiger partial charge in [0, 0.05) is 12.6 Å². The molecular weight excluding hydrogens is 224 g/mol. The van der Waals surface area contributed by atoms with Gasteiger partial charge in [0.1, 0.15) is 0 Å². The minimum absolute atomic E-state index is 0. The van der Waals surface area contributed by atoms with Crippen molar-refractivity contribution in [3.63, 3.8) is 0 Å². The summed E-state index contributed by atoms with van der Waals surface area (Å²) in [5, 5.41) is 2.95. The summed E-state index contributed by atoms with van der Waals surface area (Å²) in [6, 6.07) is 0.486. The van der Waals surface area contributed by atoms with E-state index in [0.717, 1.165) is 13.0 Å². The Bertz CT molecular complexity index is 209. The van der Waals surface area contributed by atoms with Gasteiger partial charge in [-0.3, -0.25) is 4.79 Å². The standard InChI is InChI=1S/C12H24N2O.ClH/c1-10(2)8-11-6-4-5-7-14(11)12(15)9-13-3;/h10-11,13H,4-9H2,1-3H3;1H. The number of nitrogens with zero attached hydrogens (tertiary/aromatic N) is 1. The average Bonchev–Trinajstić information content (AvgIpc) is 2.18. The first-order chi connectivity index (χ1) is 7.15. The van der Waals surface area contributed by atoms with E-state index in [9.17, 15) is 4.79 Å². The highest BCUT2D eigenvalue weighted by Gasteiger charge is 2.26. The number of likely N-dealkylation sites (N-methyl/N-ethyl adjacent to an activating group) is 1. The fourth-order valence-electron chi connectivity index (χ4n) is 2.37. The van der Waals surface area contributed by atoms with Gasteiger partial charge in [-0.25, -0.2) is 0 Å². The SMILES string of the molecule is CNCC(=O)N1CCCCC1CC(C)C.Cl. The third-order valence-electron chi connectivity index (χ3n) is 3.02. The maximum atomic E-state index is 11.9. The Morgan fingerprint density at radius 1 is 1.44 bits per heavy atom. The van der Waals surface area contributed by atoms with Crippen molar-refractivity contribution >= 4 is 18.3 Å². The van der Waals surface area contributed by atoms with Gasteiger partial charge in [-0.15, -0.1) is 12.4 Å². The summed E-state index contributed by atoms with van der Waals surface area (Å²) in [5.41, 5.74) is 0. The van der Waals surface area contributed by atoms with Crippen LogP contribution >= 0.6 is 12.4 Å². The van der Waals surface area contributed by atoms with Gasteiger partial charge >= 0.3 is 0 Å². The van der Waals surface area contributed by atoms with E-state index >= 15 is 0 Å². The summed E-state index contributed by atoms with van der Waals surface area (Å²) in [7, 11) is 1.83. The van der Waals surface area contributed by atoms with Crippen LogP contribution in [0.5, 0.6) is 0 Å². The van der Waals surface area contributed by atoms with Gasteiger partial charge < -0.3 is 10.2 Å². The van der Waals surface area contributed by atoms with Crippen LogP contribution in [0.15, 0.2) is 0 Å². The lowest BCUT2D eigenvalue weighted by molar-refractivity contribution is -0.134. The van der Waals surface area contributed by atoms with Crippen LogP contribution in [0.25, 0.3) is 0 Å². The van der Waals surface area contributed by atoms with Gasteiger partial charge in [0.05, 0.1) is 6.54 Å². The Labute approximate surface area is 105 Å². The van der Waals surface area contributed by atoms with Gasteiger partial charge in [-0.1, -0.05) is 13.8 Å². The van der Waals surface area contributed by atoms with Gasteiger partial charge in [0.2, 0.25) is 5.91 Å². The molecule has 0 radical (unpaired) electrons. The summed E-state index contributed by atoms with van der Waals surface area (Å²) in [4.78, 5) is 13.9. The zero-order chi connectivity index (χ0) is 11.3. The molecule has 1 fully saturated rings. The second kappa shape index (κ2) is 7.91. The lowest BCUT2D eigenvalue weighted by Gasteiger charge is -2.36. The molecule has 1 heterocycles. The molecule has 0 aromatic heterocycles. The number of likely N-dealkylation sites (tertiary alicyclic amines) is 1. The highest BCUT2D eigenvalue weighted by atomic mass is 35.5. The number of amides is 1. The normalized spacial score (nSPS) is 20.8. The van der Waals surface area contributed by atoms with Gasteiger partial charge in [-0.2, -0.15) is 0 Å². The monoisotopic (exact) mass is 248 g/mol. The van der Waals surface area contributed by atoms with E-state index in [1.807, 2.05) is 7.05 Å². The first-order valence-electron chi connectivity index (χ1n) is 6.09. The lowest BCUT2D eigenvalue weighted by Crippen LogP contribution is -2.47. The summed E-state index contributed by atoms with van der Waals surface area (Å²) < 4.78 is 0. The molecular formula is C12H25ClN2O. The van der Waals surface area contributed by atoms with Crippen molar-refractivity contribution in [3.8, 4) is 0 Å². The van der Waals surface area contributed by atoms with Crippen molar-refractivity contribution in [2.24, 2.45) is 5.92 Å². The molecule has 3 nitrogen and oxygen atoms in total. The van der Waals surface area contributed by atoms with Crippen molar-refractivity contribution in [3.05, 3.63) is 0 Å². The first-order valence-corrected chi connectivity index (χ1v) is 6.09. The second-order valence-corrected chi connectivity index (χ2v) is 4.90. The molecule has 1 atom stereocenters. The van der Waals surface area contributed by atoms with Crippen molar-refractivity contribution in [1.29, 1.82) is 0 Å². The molecule has 96 valence electrons. The molecule has 0 spiro atoms. The molecule has 4 heteroatoms. The van der Waals surface area contributed by atoms with Crippen LogP contribution in [-0.2, 0) is 4.79 Å². The van der Waals surface area contributed by atoms with Crippen molar-refractivity contribution in [2.75, 3.05) is 20.1 Å². The Balaban J connectivity index is 0.00000225. The zero-order valence-corrected chi connectivity index (χ0v) is 11.5. The number of rotatable bonds is 4. The molecule has 0 bridgehead atoms. The molecule has 0 aromatic carbocycles. The molecule has 0 saturated carbocycles. The predicted octanol–water partition coefficient (Wildman–Crippen LogP) is 2.05. The first kappa shape index (κ1) is 15.7. The molecule has 1 aliphatic heterocycles. The number of halogens is 1. The fourth-order valence-corrected chi connectivity index (χ4v) is 2.37. The van der Waals surface area contributed by atoms with E-state index < -0.39 is 0 Å². The molecule has 1 saturated heterocycles. The third-order valence-corrected chi connectivity index (χ3v) is 3.02. The van der Waals surface area contributed by atoms with E-state index in [1.54, 1.807) is 0 Å². The van der Waals surface area contributed by atoms with Gasteiger partial charge in [-0.05, 0) is 38.6 Å². The van der Waals surface area contributed by atoms with Crippen LogP contribution < -0.4 is 5.32 Å². The highest BCUT2D eigenvalue weighted by Crippen LogP contribution is 2.22. The molecule has 0 aliphatic carbocycles. The van der Waals surface area contributed by atoms with Crippen LogP contribution in [0.4, 0.5) is 0 Å². The Kier molecular flexibility index (Phi) is 7.77. The predicted molar refractivity (Wildman–Crippen MR) is 70.0 cm³/mol. The van der Waals surface area contributed by atoms with Crippen LogP contribution in [0.1, 0.15) is 39.5 Å². The molecule has 1 rings (SSSR count). The van der Waals surface area contributed by atoms with Crippen molar-refractivity contribution in [2.45, 2.75) is 45.6 Å². The van der Waals surface area contributed by atoms with Crippen LogP contribution in [0.3, 0.4) is 0 Å². The van der Waals surface area contributed by atoms with Gasteiger partial charge in [0.15, 0.2) is 0 Å². The number of hydrogen-bond acceptors (Lipinski definition) is 2. The molecule has 16 heavy (non-hydrogen) atoms. The quantitative estimate of drug-likeness (QED) is 0.826. The zero-order valence-electron chi connectivity index (χ0n) is 10.7. The Morgan fingerprint density at radius 2 is 2.12 bits per heavy atom. The number of hydrogen-bond donors (Lipinski definition) is 1. The molecule has 1 aliphatic rings. The van der Waals surface area contributed by atoms with E-state index in [-0.39, 0.29) is 18.3 Å². The number of carbonyl (C=O) groups is 1. The smallest absolute Gasteiger partial charge is 0.236 e. The molecule has 1 unspecified atom stereocenters. The highest BCUT2D eigenvalue weighted by molar-refractivity contribution is 5.85. The Hall–Kier alpha value is -0.280. The number of nitrogens with one attached hydrogen (secondary N) is 1. The summed E-state index contributed by atoms with van der Waals surface area (Å²) in [6.07, 6.45) is 4.79. The number of piperidine rings is 1. The average molecular weight is 249 g/mol. The van der Waals surface area contributed by atoms with Gasteiger partial charge in [0.25, 0.3) is 0 Å². The Morgan fingerprint density at radius 3 is 2.69 bits per heavy atom. The third kappa shape index (κ3) is 4.71. The van der Waals surface area contributed by atoms with Crippen LogP contribution in [-0.4, -0.2) is 37.0 Å². The van der Waals surface area contributed by atoms with E-state index in [2.05, 4.69) is 24.1 Å². The van der Waals surface area contributed by atoms with E-state index in [1.165, 1.54) is 19.3 Å². The summed E-state index contributed by atoms with van der Waals surface area (Å²) in [6.45, 7) is 5.90. The molecule has 1 N–H and O–H groups in total. The maximum absolute atomic E-state index is 11.9. The van der Waals surface area contributed by atoms with Crippen LogP contribution in [0, 0.1) is 5.92 Å². The maximum Gasteiger partial charge on any atom is 0.236 e. The second-order valence-electron chi connectivity index (χ2n) is 4.90. The van der Waals surface area contributed by atoms with E-state index in [4.69, 9.17) is 0 Å². The summed E-state index contributed by atoms with van der Waals surface area (Å²) >= 11 is 0. The lowest BCUT2D eigenvalue weighted by atomic mass is 9.94. The number of carbonyl (C=O) groups excluding carboxylic acids is 1. The van der Waals surface area contributed by atoms with Crippen molar-refractivity contribution in [1.82, 2.24) is 10.2 Å².